The minimum Gasteiger partial charge on any atom is -0.507 e. The summed E-state index contributed by atoms with van der Waals surface area (Å²) in [5, 5.41) is 28.0. The van der Waals surface area contributed by atoms with E-state index >= 15 is 0 Å². The van der Waals surface area contributed by atoms with Gasteiger partial charge >= 0.3 is 0 Å². The highest BCUT2D eigenvalue weighted by Crippen LogP contribution is 2.40. The Balaban J connectivity index is 1.95. The first-order chi connectivity index (χ1) is 13.0. The van der Waals surface area contributed by atoms with Crippen molar-refractivity contribution in [1.82, 2.24) is 4.90 Å². The quantitative estimate of drug-likeness (QED) is 0.648. The lowest BCUT2D eigenvalue weighted by Crippen LogP contribution is -2.24. The molecule has 1 aliphatic heterocycles. The zero-order valence-corrected chi connectivity index (χ0v) is 14.1. The van der Waals surface area contributed by atoms with Gasteiger partial charge in [-0.15, -0.1) is 0 Å². The van der Waals surface area contributed by atoms with E-state index < -0.39 is 0 Å². The molecule has 0 bridgehead atoms. The molecule has 1 heterocycles. The Kier molecular flexibility index (Phi) is 5.16. The van der Waals surface area contributed by atoms with Crippen molar-refractivity contribution >= 4 is 11.9 Å². The van der Waals surface area contributed by atoms with Crippen LogP contribution >= 0.6 is 0 Å². The minimum absolute atomic E-state index is 0.0110. The summed E-state index contributed by atoms with van der Waals surface area (Å²) in [6.45, 7) is 0.0546. The first-order valence-electron chi connectivity index (χ1n) is 8.04. The minimum atomic E-state index is -0.388. The van der Waals surface area contributed by atoms with E-state index in [1.54, 1.807) is 0 Å². The predicted octanol–water partition coefficient (Wildman–Crippen LogP) is 3.00. The average Bonchev–Trinajstić information content (AvgIpc) is 2.96. The predicted molar refractivity (Wildman–Crippen MR) is 93.9 cm³/mol. The van der Waals surface area contributed by atoms with Crippen molar-refractivity contribution in [2.75, 3.05) is 13.1 Å². The second-order valence-electron chi connectivity index (χ2n) is 5.89. The largest absolute Gasteiger partial charge is 0.507 e. The van der Waals surface area contributed by atoms with E-state index in [1.165, 1.54) is 47.4 Å². The van der Waals surface area contributed by atoms with Crippen LogP contribution in [0.5, 0.6) is 11.5 Å². The van der Waals surface area contributed by atoms with Crippen LogP contribution in [0.15, 0.2) is 42.2 Å². The van der Waals surface area contributed by atoms with E-state index in [4.69, 9.17) is 15.3 Å². The highest BCUT2D eigenvalue weighted by atomic mass is 19.1. The van der Waals surface area contributed by atoms with Gasteiger partial charge in [-0.25, -0.2) is 4.39 Å². The maximum atomic E-state index is 13.0. The number of hydrogen-bond acceptors (Lipinski definition) is 6. The fourth-order valence-corrected chi connectivity index (χ4v) is 2.75. The molecule has 0 radical (unpaired) electrons. The van der Waals surface area contributed by atoms with E-state index in [0.29, 0.717) is 11.1 Å². The zero-order valence-electron chi connectivity index (χ0n) is 14.1. The maximum Gasteiger partial charge on any atom is 0.231 e. The molecule has 0 spiro atoms. The van der Waals surface area contributed by atoms with Crippen LogP contribution in [0.3, 0.4) is 0 Å². The van der Waals surface area contributed by atoms with Gasteiger partial charge in [0.2, 0.25) is 5.78 Å². The van der Waals surface area contributed by atoms with E-state index in [0.717, 1.165) is 0 Å². The molecule has 0 atom stereocenters. The van der Waals surface area contributed by atoms with Crippen molar-refractivity contribution in [2.45, 2.75) is 6.54 Å². The van der Waals surface area contributed by atoms with Crippen molar-refractivity contribution in [1.29, 1.82) is 10.5 Å². The number of Topliss-reactive ketones (excluding diaryl/α,β-unsaturated/α-hetero) is 1. The molecular formula is C20H14FN3O3. The third-order valence-electron chi connectivity index (χ3n) is 4.05. The number of fused-ring (bicyclic) bond motifs is 1. The van der Waals surface area contributed by atoms with E-state index in [9.17, 15) is 14.3 Å². The van der Waals surface area contributed by atoms with Crippen LogP contribution in [-0.4, -0.2) is 28.9 Å². The second kappa shape index (κ2) is 7.69. The Morgan fingerprint density at radius 2 is 1.78 bits per heavy atom. The van der Waals surface area contributed by atoms with Crippen LogP contribution in [0.1, 0.15) is 21.5 Å². The van der Waals surface area contributed by atoms with Gasteiger partial charge in [0.25, 0.3) is 0 Å². The fraction of sp³-hybridized carbons (Fsp3) is 0.150. The molecule has 0 unspecified atom stereocenters. The van der Waals surface area contributed by atoms with Crippen molar-refractivity contribution in [2.24, 2.45) is 0 Å². The number of rotatable bonds is 5. The van der Waals surface area contributed by atoms with E-state index in [1.807, 2.05) is 12.1 Å². The molecule has 0 fully saturated rings. The van der Waals surface area contributed by atoms with Gasteiger partial charge in [0, 0.05) is 6.54 Å². The van der Waals surface area contributed by atoms with E-state index in [-0.39, 0.29) is 54.1 Å². The lowest BCUT2D eigenvalue weighted by atomic mass is 10.0. The van der Waals surface area contributed by atoms with Crippen LogP contribution < -0.4 is 4.74 Å². The number of hydrogen-bond donors (Lipinski definition) is 1. The smallest absolute Gasteiger partial charge is 0.231 e. The first kappa shape index (κ1) is 18.1. The molecule has 134 valence electrons. The summed E-state index contributed by atoms with van der Waals surface area (Å²) >= 11 is 0. The summed E-state index contributed by atoms with van der Waals surface area (Å²) in [5.41, 5.74) is 1.20. The number of nitriles is 2. The number of ether oxygens (including phenoxy) is 1. The number of carbonyl (C=O) groups excluding carboxylic acids is 1. The number of ketones is 1. The van der Waals surface area contributed by atoms with Gasteiger partial charge in [-0.3, -0.25) is 9.69 Å². The van der Waals surface area contributed by atoms with Crippen molar-refractivity contribution < 1.29 is 19.0 Å². The Labute approximate surface area is 154 Å². The summed E-state index contributed by atoms with van der Waals surface area (Å²) < 4.78 is 18.7. The maximum absolute atomic E-state index is 13.0. The number of benzene rings is 2. The molecule has 1 N–H and O–H groups in total. The molecule has 0 amide bonds. The number of aromatic hydroxyl groups is 1. The monoisotopic (exact) mass is 363 g/mol. The highest BCUT2D eigenvalue weighted by molar-refractivity contribution is 6.15. The number of phenolic OH excluding ortho intramolecular Hbond substituents is 1. The lowest BCUT2D eigenvalue weighted by molar-refractivity contribution is 0.101. The van der Waals surface area contributed by atoms with Gasteiger partial charge in [0.05, 0.1) is 36.4 Å². The molecule has 2 aromatic rings. The van der Waals surface area contributed by atoms with Crippen LogP contribution in [0, 0.1) is 28.5 Å². The highest BCUT2D eigenvalue weighted by Gasteiger charge is 2.31. The number of carbonyl (C=O) groups is 1. The lowest BCUT2D eigenvalue weighted by Gasteiger charge is -2.17. The van der Waals surface area contributed by atoms with Gasteiger partial charge in [-0.1, -0.05) is 12.1 Å². The van der Waals surface area contributed by atoms with Gasteiger partial charge in [-0.05, 0) is 35.9 Å². The third kappa shape index (κ3) is 3.79. The zero-order chi connectivity index (χ0) is 19.4. The molecule has 6 nitrogen and oxygen atoms in total. The first-order valence-corrected chi connectivity index (χ1v) is 8.04. The Bertz CT molecular complexity index is 985. The summed E-state index contributed by atoms with van der Waals surface area (Å²) in [6.07, 6.45) is 1.49. The Hall–Kier alpha value is -3.68. The number of allylic oxidation sites excluding steroid dienone is 1. The fourth-order valence-electron chi connectivity index (χ4n) is 2.75. The van der Waals surface area contributed by atoms with Gasteiger partial charge in [0.15, 0.2) is 5.76 Å². The number of phenols is 1. The number of nitrogens with zero attached hydrogens (tertiary/aromatic N) is 3. The molecule has 0 aliphatic carbocycles. The molecule has 2 aromatic carbocycles. The topological polar surface area (TPSA) is 97.3 Å². The normalized spacial score (nSPS) is 13.9. The third-order valence-corrected chi connectivity index (χ3v) is 4.05. The summed E-state index contributed by atoms with van der Waals surface area (Å²) in [5.74, 6) is -0.584. The Morgan fingerprint density at radius 1 is 1.11 bits per heavy atom. The van der Waals surface area contributed by atoms with Gasteiger partial charge in [-0.2, -0.15) is 10.5 Å². The van der Waals surface area contributed by atoms with Crippen molar-refractivity contribution in [3.63, 3.8) is 0 Å². The van der Waals surface area contributed by atoms with Crippen LogP contribution in [-0.2, 0) is 6.54 Å². The van der Waals surface area contributed by atoms with Gasteiger partial charge in [0.1, 0.15) is 17.3 Å². The summed E-state index contributed by atoms with van der Waals surface area (Å²) in [7, 11) is 0. The van der Waals surface area contributed by atoms with Crippen LogP contribution in [0.2, 0.25) is 0 Å². The van der Waals surface area contributed by atoms with Crippen LogP contribution in [0.4, 0.5) is 4.39 Å². The SMILES string of the molecule is N#CCN(CC#N)Cc1c(O)ccc2c1OC(=Cc1ccc(F)cc1)C2=O. The summed E-state index contributed by atoms with van der Waals surface area (Å²) in [4.78, 5) is 14.1. The molecule has 1 aliphatic rings. The van der Waals surface area contributed by atoms with Crippen molar-refractivity contribution in [3.05, 3.63) is 64.7 Å². The Morgan fingerprint density at radius 3 is 2.41 bits per heavy atom. The van der Waals surface area contributed by atoms with Crippen molar-refractivity contribution in [3.8, 4) is 23.6 Å². The average molecular weight is 363 g/mol. The van der Waals surface area contributed by atoms with Gasteiger partial charge < -0.3 is 9.84 Å². The molecule has 0 saturated carbocycles. The molecule has 7 heteroatoms. The molecular weight excluding hydrogens is 349 g/mol. The number of halogens is 1. The molecule has 27 heavy (non-hydrogen) atoms. The molecule has 0 saturated heterocycles. The molecule has 0 aromatic heterocycles. The standard InChI is InChI=1S/C20H14FN3O3/c21-14-3-1-13(2-4-14)11-18-19(26)15-5-6-17(25)16(20(15)27-18)12-24(9-7-22)10-8-23/h1-6,11,25H,9-10,12H2. The summed E-state index contributed by atoms with van der Waals surface area (Å²) in [6, 6.07) is 12.3. The molecule has 3 rings (SSSR count). The van der Waals surface area contributed by atoms with E-state index in [2.05, 4.69) is 0 Å². The second-order valence-corrected chi connectivity index (χ2v) is 5.89. The van der Waals surface area contributed by atoms with Crippen LogP contribution in [0.25, 0.3) is 6.08 Å².